The maximum Gasteiger partial charge on any atom is 0.162 e. The number of fused-ring (bicyclic) bond motifs is 1. The summed E-state index contributed by atoms with van der Waals surface area (Å²) < 4.78 is 0. The molecule has 0 saturated heterocycles. The zero-order valence-corrected chi connectivity index (χ0v) is 14.4. The molecule has 0 amide bonds. The Labute approximate surface area is 146 Å². The molecule has 0 radical (unpaired) electrons. The molecule has 2 N–H and O–H groups in total. The molecule has 0 atom stereocenters. The minimum atomic E-state index is 0.758. The van der Waals surface area contributed by atoms with Crippen LogP contribution in [0.1, 0.15) is 6.92 Å². The Hall–Kier alpha value is -2.66. The van der Waals surface area contributed by atoms with E-state index in [1.165, 1.54) is 0 Å². The van der Waals surface area contributed by atoms with Crippen LogP contribution in [-0.2, 0) is 0 Å². The van der Waals surface area contributed by atoms with E-state index >= 15 is 0 Å². The molecule has 0 aliphatic heterocycles. The fraction of sp³-hybridized carbons (Fsp3) is 0.158. The van der Waals surface area contributed by atoms with Crippen LogP contribution in [0.15, 0.2) is 65.5 Å². The van der Waals surface area contributed by atoms with Gasteiger partial charge in [-0.1, -0.05) is 24.8 Å². The van der Waals surface area contributed by atoms with E-state index in [0.29, 0.717) is 0 Å². The third-order valence-electron chi connectivity index (χ3n) is 3.57. The SMILES string of the molecule is C=C/C=C(\C)NCCNc1nc(-c2ccsc2)nc2ccccc12. The minimum absolute atomic E-state index is 0.758. The van der Waals surface area contributed by atoms with Crippen molar-refractivity contribution >= 4 is 28.1 Å². The van der Waals surface area contributed by atoms with E-state index in [4.69, 9.17) is 4.98 Å². The van der Waals surface area contributed by atoms with Gasteiger partial charge in [0.15, 0.2) is 5.82 Å². The average Bonchev–Trinajstić information content (AvgIpc) is 3.13. The van der Waals surface area contributed by atoms with Gasteiger partial charge in [0.1, 0.15) is 5.82 Å². The maximum atomic E-state index is 4.72. The zero-order valence-electron chi connectivity index (χ0n) is 13.6. The van der Waals surface area contributed by atoms with E-state index in [2.05, 4.69) is 27.6 Å². The van der Waals surface area contributed by atoms with Gasteiger partial charge in [-0.25, -0.2) is 9.97 Å². The smallest absolute Gasteiger partial charge is 0.162 e. The Balaban J connectivity index is 1.81. The van der Waals surface area contributed by atoms with Crippen molar-refractivity contribution in [2.45, 2.75) is 6.92 Å². The topological polar surface area (TPSA) is 49.8 Å². The summed E-state index contributed by atoms with van der Waals surface area (Å²) in [5.74, 6) is 1.63. The molecule has 4 nitrogen and oxygen atoms in total. The van der Waals surface area contributed by atoms with Gasteiger partial charge in [0.05, 0.1) is 5.52 Å². The summed E-state index contributed by atoms with van der Waals surface area (Å²) in [6.45, 7) is 7.30. The molecule has 0 bridgehead atoms. The van der Waals surface area contributed by atoms with Crippen molar-refractivity contribution in [3.8, 4) is 11.4 Å². The molecule has 3 rings (SSSR count). The highest BCUT2D eigenvalue weighted by atomic mass is 32.1. The number of thiophene rings is 1. The fourth-order valence-electron chi connectivity index (χ4n) is 2.41. The summed E-state index contributed by atoms with van der Waals surface area (Å²) >= 11 is 1.65. The third-order valence-corrected chi connectivity index (χ3v) is 4.25. The number of allylic oxidation sites excluding steroid dienone is 3. The van der Waals surface area contributed by atoms with Crippen LogP contribution in [0.3, 0.4) is 0 Å². The van der Waals surface area contributed by atoms with Crippen molar-refractivity contribution in [3.05, 3.63) is 65.5 Å². The molecule has 0 saturated carbocycles. The first-order valence-corrected chi connectivity index (χ1v) is 8.78. The second-order valence-electron chi connectivity index (χ2n) is 5.36. The second kappa shape index (κ2) is 7.75. The maximum absolute atomic E-state index is 4.72. The summed E-state index contributed by atoms with van der Waals surface area (Å²) in [6, 6.07) is 10.1. The molecular formula is C19H20N4S. The molecular weight excluding hydrogens is 316 g/mol. The lowest BCUT2D eigenvalue weighted by Gasteiger charge is -2.11. The number of para-hydroxylation sites is 1. The molecule has 24 heavy (non-hydrogen) atoms. The van der Waals surface area contributed by atoms with Crippen molar-refractivity contribution in [1.82, 2.24) is 15.3 Å². The predicted molar refractivity (Wildman–Crippen MR) is 103 cm³/mol. The van der Waals surface area contributed by atoms with Crippen molar-refractivity contribution in [3.63, 3.8) is 0 Å². The quantitative estimate of drug-likeness (QED) is 0.494. The number of nitrogens with one attached hydrogen (secondary N) is 2. The van der Waals surface area contributed by atoms with Crippen LogP contribution in [0, 0.1) is 0 Å². The van der Waals surface area contributed by atoms with E-state index in [1.54, 1.807) is 17.4 Å². The van der Waals surface area contributed by atoms with Crippen molar-refractivity contribution < 1.29 is 0 Å². The first kappa shape index (κ1) is 16.2. The number of nitrogens with zero attached hydrogens (tertiary/aromatic N) is 2. The standard InChI is InChI=1S/C19H20N4S/c1-3-6-14(2)20-10-11-21-19-16-7-4-5-8-17(16)22-18(23-19)15-9-12-24-13-15/h3-9,12-13,20H,1,10-11H2,2H3,(H,21,22,23)/b14-6+. The van der Waals surface area contributed by atoms with Gasteiger partial charge in [-0.05, 0) is 36.6 Å². The first-order valence-electron chi connectivity index (χ1n) is 7.84. The Morgan fingerprint density at radius 2 is 2.08 bits per heavy atom. The lowest BCUT2D eigenvalue weighted by molar-refractivity contribution is 0.816. The van der Waals surface area contributed by atoms with Crippen LogP contribution in [0.2, 0.25) is 0 Å². The van der Waals surface area contributed by atoms with Gasteiger partial charge >= 0.3 is 0 Å². The van der Waals surface area contributed by atoms with E-state index < -0.39 is 0 Å². The van der Waals surface area contributed by atoms with E-state index in [0.717, 1.165) is 46.9 Å². The van der Waals surface area contributed by atoms with E-state index in [1.807, 2.05) is 48.7 Å². The van der Waals surface area contributed by atoms with Crippen LogP contribution < -0.4 is 10.6 Å². The average molecular weight is 336 g/mol. The number of aromatic nitrogens is 2. The Kier molecular flexibility index (Phi) is 5.23. The van der Waals surface area contributed by atoms with Crippen LogP contribution >= 0.6 is 11.3 Å². The predicted octanol–water partition coefficient (Wildman–Crippen LogP) is 4.45. The van der Waals surface area contributed by atoms with E-state index in [9.17, 15) is 0 Å². The van der Waals surface area contributed by atoms with Gasteiger partial charge in [-0.15, -0.1) is 0 Å². The minimum Gasteiger partial charge on any atom is -0.387 e. The molecule has 0 spiro atoms. The van der Waals surface area contributed by atoms with Crippen molar-refractivity contribution in [2.75, 3.05) is 18.4 Å². The first-order chi connectivity index (χ1) is 11.8. The van der Waals surface area contributed by atoms with E-state index in [-0.39, 0.29) is 0 Å². The normalized spacial score (nSPS) is 11.5. The number of anilines is 1. The van der Waals surface area contributed by atoms with Gasteiger partial charge in [0.25, 0.3) is 0 Å². The Morgan fingerprint density at radius 1 is 1.21 bits per heavy atom. The molecule has 0 aliphatic rings. The summed E-state index contributed by atoms with van der Waals surface area (Å²) in [6.07, 6.45) is 3.73. The van der Waals surface area contributed by atoms with Gasteiger partial charge < -0.3 is 10.6 Å². The molecule has 5 heteroatoms. The van der Waals surface area contributed by atoms with Gasteiger partial charge in [-0.2, -0.15) is 11.3 Å². The molecule has 122 valence electrons. The zero-order chi connectivity index (χ0) is 16.8. The van der Waals surface area contributed by atoms with Crippen LogP contribution in [0.25, 0.3) is 22.3 Å². The Bertz CT molecular complexity index is 853. The highest BCUT2D eigenvalue weighted by molar-refractivity contribution is 7.08. The Morgan fingerprint density at radius 3 is 2.88 bits per heavy atom. The lowest BCUT2D eigenvalue weighted by atomic mass is 10.2. The van der Waals surface area contributed by atoms with Crippen LogP contribution in [0.4, 0.5) is 5.82 Å². The highest BCUT2D eigenvalue weighted by Crippen LogP contribution is 2.25. The summed E-state index contributed by atoms with van der Waals surface area (Å²) in [5.41, 5.74) is 3.10. The lowest BCUT2D eigenvalue weighted by Crippen LogP contribution is -2.21. The van der Waals surface area contributed by atoms with Gasteiger partial charge in [-0.3, -0.25) is 0 Å². The van der Waals surface area contributed by atoms with Crippen LogP contribution in [-0.4, -0.2) is 23.1 Å². The third kappa shape index (κ3) is 3.81. The summed E-state index contributed by atoms with van der Waals surface area (Å²) in [7, 11) is 0. The highest BCUT2D eigenvalue weighted by Gasteiger charge is 2.09. The molecule has 0 aliphatic carbocycles. The molecule has 2 aromatic heterocycles. The molecule has 1 aromatic carbocycles. The number of hydrogen-bond acceptors (Lipinski definition) is 5. The summed E-state index contributed by atoms with van der Waals surface area (Å²) in [5, 5.41) is 11.9. The van der Waals surface area contributed by atoms with Gasteiger partial charge in [0, 0.05) is 35.1 Å². The monoisotopic (exact) mass is 336 g/mol. The molecule has 0 unspecified atom stereocenters. The number of rotatable bonds is 7. The van der Waals surface area contributed by atoms with Crippen molar-refractivity contribution in [2.24, 2.45) is 0 Å². The second-order valence-corrected chi connectivity index (χ2v) is 6.14. The number of benzene rings is 1. The molecule has 2 heterocycles. The fourth-order valence-corrected chi connectivity index (χ4v) is 3.04. The van der Waals surface area contributed by atoms with Gasteiger partial charge in [0.2, 0.25) is 0 Å². The largest absolute Gasteiger partial charge is 0.387 e. The summed E-state index contributed by atoms with van der Waals surface area (Å²) in [4.78, 5) is 9.40. The number of hydrogen-bond donors (Lipinski definition) is 2. The van der Waals surface area contributed by atoms with Crippen LogP contribution in [0.5, 0.6) is 0 Å². The molecule has 0 fully saturated rings. The van der Waals surface area contributed by atoms with Crippen molar-refractivity contribution in [1.29, 1.82) is 0 Å². The molecule has 3 aromatic rings.